The van der Waals surface area contributed by atoms with Gasteiger partial charge in [-0.15, -0.1) is 0 Å². The van der Waals surface area contributed by atoms with E-state index in [4.69, 9.17) is 0 Å². The van der Waals surface area contributed by atoms with Crippen molar-refractivity contribution >= 4 is 31.7 Å². The molecule has 0 aromatic carbocycles. The number of hydrogen-bond acceptors (Lipinski definition) is 3. The van der Waals surface area contributed by atoms with Crippen molar-refractivity contribution in [3.05, 3.63) is 0 Å². The van der Waals surface area contributed by atoms with E-state index in [0.717, 1.165) is 6.26 Å². The third kappa shape index (κ3) is 4.51. The van der Waals surface area contributed by atoms with Crippen LogP contribution < -0.4 is 5.32 Å². The van der Waals surface area contributed by atoms with Gasteiger partial charge >= 0.3 is 0 Å². The lowest BCUT2D eigenvalue weighted by Crippen LogP contribution is -2.52. The van der Waals surface area contributed by atoms with Crippen LogP contribution in [-0.4, -0.2) is 36.2 Å². The van der Waals surface area contributed by atoms with Crippen molar-refractivity contribution in [1.29, 1.82) is 0 Å². The maximum atomic E-state index is 11.6. The molecule has 0 rings (SSSR count). The molecule has 2 atom stereocenters. The van der Waals surface area contributed by atoms with E-state index in [2.05, 4.69) is 21.2 Å². The van der Waals surface area contributed by atoms with Crippen molar-refractivity contribution in [2.24, 2.45) is 0 Å². The van der Waals surface area contributed by atoms with E-state index >= 15 is 0 Å². The van der Waals surface area contributed by atoms with Crippen molar-refractivity contribution in [2.75, 3.05) is 6.26 Å². The first-order valence-corrected chi connectivity index (χ1v) is 7.50. The first-order valence-electron chi connectivity index (χ1n) is 4.63. The van der Waals surface area contributed by atoms with Gasteiger partial charge in [0.05, 0.1) is 0 Å². The van der Waals surface area contributed by atoms with Crippen LogP contribution >= 0.6 is 15.9 Å². The number of nitrogens with one attached hydrogen (secondary N) is 1. The molecule has 2 unspecified atom stereocenters. The predicted octanol–water partition coefficient (Wildman–Crippen LogP) is 1.10. The number of amides is 1. The fourth-order valence-corrected chi connectivity index (χ4v) is 1.28. The standard InChI is InChI=1S/C9H18BrNO3S/c1-6(15(5,13)14)8(12)11-9(3,4)7(2)10/h6-7H,1-5H3,(H,11,12). The Kier molecular flexibility index (Phi) is 4.79. The number of halogens is 1. The Bertz CT molecular complexity index is 335. The lowest BCUT2D eigenvalue weighted by Gasteiger charge is -2.30. The minimum Gasteiger partial charge on any atom is -0.349 e. The summed E-state index contributed by atoms with van der Waals surface area (Å²) in [6.07, 6.45) is 1.06. The van der Waals surface area contributed by atoms with Gasteiger partial charge in [-0.2, -0.15) is 0 Å². The summed E-state index contributed by atoms with van der Waals surface area (Å²) in [5, 5.41) is 1.69. The van der Waals surface area contributed by atoms with E-state index in [9.17, 15) is 13.2 Å². The van der Waals surface area contributed by atoms with Crippen molar-refractivity contribution < 1.29 is 13.2 Å². The molecule has 0 aromatic rings. The van der Waals surface area contributed by atoms with E-state index in [0.29, 0.717) is 0 Å². The van der Waals surface area contributed by atoms with Crippen LogP contribution in [0.25, 0.3) is 0 Å². The molecule has 6 heteroatoms. The summed E-state index contributed by atoms with van der Waals surface area (Å²) >= 11 is 3.36. The Hall–Kier alpha value is -0.100. The summed E-state index contributed by atoms with van der Waals surface area (Å²) in [6, 6.07) is 0. The van der Waals surface area contributed by atoms with Gasteiger partial charge in [0.15, 0.2) is 9.84 Å². The fraction of sp³-hybridized carbons (Fsp3) is 0.889. The molecular weight excluding hydrogens is 282 g/mol. The summed E-state index contributed by atoms with van der Waals surface area (Å²) in [5.41, 5.74) is -0.476. The molecule has 90 valence electrons. The van der Waals surface area contributed by atoms with Gasteiger partial charge in [-0.05, 0) is 20.8 Å². The highest BCUT2D eigenvalue weighted by molar-refractivity contribution is 9.09. The van der Waals surface area contributed by atoms with Crippen LogP contribution in [0.2, 0.25) is 0 Å². The second kappa shape index (κ2) is 4.82. The third-order valence-electron chi connectivity index (χ3n) is 2.45. The average molecular weight is 300 g/mol. The highest BCUT2D eigenvalue weighted by Gasteiger charge is 2.31. The number of hydrogen-bond donors (Lipinski definition) is 1. The molecular formula is C9H18BrNO3S. The van der Waals surface area contributed by atoms with Gasteiger partial charge in [0.1, 0.15) is 5.25 Å². The van der Waals surface area contributed by atoms with Crippen molar-refractivity contribution in [2.45, 2.75) is 43.3 Å². The van der Waals surface area contributed by atoms with Crippen LogP contribution in [0.4, 0.5) is 0 Å². The number of sulfone groups is 1. The average Bonchev–Trinajstić information content (AvgIpc) is 2.00. The molecule has 0 saturated carbocycles. The van der Waals surface area contributed by atoms with Gasteiger partial charge in [-0.3, -0.25) is 4.79 Å². The Morgan fingerprint density at radius 2 is 1.73 bits per heavy atom. The molecule has 0 aliphatic carbocycles. The molecule has 15 heavy (non-hydrogen) atoms. The van der Waals surface area contributed by atoms with E-state index in [1.807, 2.05) is 20.8 Å². The Morgan fingerprint density at radius 1 is 1.33 bits per heavy atom. The normalized spacial score (nSPS) is 16.9. The zero-order valence-electron chi connectivity index (χ0n) is 9.67. The molecule has 1 amide bonds. The number of carbonyl (C=O) groups excluding carboxylic acids is 1. The third-order valence-corrected chi connectivity index (χ3v) is 5.09. The van der Waals surface area contributed by atoms with E-state index in [1.54, 1.807) is 0 Å². The summed E-state index contributed by atoms with van der Waals surface area (Å²) in [5.74, 6) is -0.464. The molecule has 0 heterocycles. The van der Waals surface area contributed by atoms with E-state index < -0.39 is 26.5 Å². The Balaban J connectivity index is 4.66. The maximum Gasteiger partial charge on any atom is 0.238 e. The molecule has 0 bridgehead atoms. The van der Waals surface area contributed by atoms with E-state index in [-0.39, 0.29) is 4.83 Å². The van der Waals surface area contributed by atoms with Crippen LogP contribution in [0, 0.1) is 0 Å². The van der Waals surface area contributed by atoms with Crippen molar-refractivity contribution in [1.82, 2.24) is 5.32 Å². The lowest BCUT2D eigenvalue weighted by atomic mass is 10.0. The number of rotatable bonds is 4. The second-order valence-corrected chi connectivity index (χ2v) is 8.04. The molecule has 0 aliphatic rings. The highest BCUT2D eigenvalue weighted by Crippen LogP contribution is 2.17. The SMILES string of the molecule is CC(Br)C(C)(C)NC(=O)C(C)S(C)(=O)=O. The quantitative estimate of drug-likeness (QED) is 0.791. The van der Waals surface area contributed by atoms with Gasteiger partial charge in [-0.25, -0.2) is 8.42 Å². The van der Waals surface area contributed by atoms with Crippen molar-refractivity contribution in [3.63, 3.8) is 0 Å². The van der Waals surface area contributed by atoms with Crippen molar-refractivity contribution in [3.8, 4) is 0 Å². The van der Waals surface area contributed by atoms with Crippen LogP contribution in [0.15, 0.2) is 0 Å². The monoisotopic (exact) mass is 299 g/mol. The van der Waals surface area contributed by atoms with Crippen LogP contribution in [-0.2, 0) is 14.6 Å². The van der Waals surface area contributed by atoms with Gasteiger partial charge in [0.2, 0.25) is 5.91 Å². The molecule has 0 fully saturated rings. The number of alkyl halides is 1. The summed E-state index contributed by atoms with van der Waals surface area (Å²) in [6.45, 7) is 6.95. The minimum atomic E-state index is -3.33. The smallest absolute Gasteiger partial charge is 0.238 e. The zero-order valence-corrected chi connectivity index (χ0v) is 12.1. The summed E-state index contributed by atoms with van der Waals surface area (Å²) in [4.78, 5) is 11.7. The molecule has 0 radical (unpaired) electrons. The summed E-state index contributed by atoms with van der Waals surface area (Å²) in [7, 11) is -3.33. The fourth-order valence-electron chi connectivity index (χ4n) is 0.713. The minimum absolute atomic E-state index is 0.0562. The Labute approximate surface area is 99.9 Å². The lowest BCUT2D eigenvalue weighted by molar-refractivity contribution is -0.121. The van der Waals surface area contributed by atoms with Gasteiger partial charge in [0.25, 0.3) is 0 Å². The predicted molar refractivity (Wildman–Crippen MR) is 64.9 cm³/mol. The molecule has 0 aliphatic heterocycles. The zero-order chi connectivity index (χ0) is 12.4. The Morgan fingerprint density at radius 3 is 2.00 bits per heavy atom. The first-order chi connectivity index (χ1) is 6.48. The van der Waals surface area contributed by atoms with Crippen LogP contribution in [0.3, 0.4) is 0 Å². The highest BCUT2D eigenvalue weighted by atomic mass is 79.9. The maximum absolute atomic E-state index is 11.6. The molecule has 0 spiro atoms. The van der Waals surface area contributed by atoms with E-state index in [1.165, 1.54) is 6.92 Å². The number of carbonyl (C=O) groups is 1. The first kappa shape index (κ1) is 14.9. The molecule has 0 saturated heterocycles. The molecule has 0 aromatic heterocycles. The van der Waals surface area contributed by atoms with Gasteiger partial charge in [-0.1, -0.05) is 22.9 Å². The largest absolute Gasteiger partial charge is 0.349 e. The summed E-state index contributed by atoms with van der Waals surface area (Å²) < 4.78 is 22.3. The molecule has 4 nitrogen and oxygen atoms in total. The van der Waals surface area contributed by atoms with Crippen LogP contribution in [0.1, 0.15) is 27.7 Å². The van der Waals surface area contributed by atoms with Crippen LogP contribution in [0.5, 0.6) is 0 Å². The second-order valence-electron chi connectivity index (χ2n) is 4.30. The van der Waals surface area contributed by atoms with Gasteiger partial charge in [0, 0.05) is 16.6 Å². The topological polar surface area (TPSA) is 63.2 Å². The molecule has 1 N–H and O–H groups in total. The van der Waals surface area contributed by atoms with Gasteiger partial charge < -0.3 is 5.32 Å².